The molecule has 2 aliphatic heterocycles. The number of halogens is 2. The predicted octanol–water partition coefficient (Wildman–Crippen LogP) is 2.33. The zero-order valence-corrected chi connectivity index (χ0v) is 13.9. The zero-order valence-electron chi connectivity index (χ0n) is 10.7. The Balaban J connectivity index is 1.68. The van der Waals surface area contributed by atoms with Gasteiger partial charge in [0.05, 0.1) is 30.9 Å². The Labute approximate surface area is 133 Å². The lowest BCUT2D eigenvalue weighted by Gasteiger charge is -2.36. The van der Waals surface area contributed by atoms with E-state index in [1.807, 2.05) is 0 Å². The first-order valence-corrected chi connectivity index (χ1v) is 8.55. The molecule has 6 heteroatoms. The average molecular weight is 406 g/mol. The molecule has 5 aliphatic rings. The molecule has 2 bridgehead atoms. The van der Waals surface area contributed by atoms with Gasteiger partial charge < -0.3 is 18.9 Å². The number of allylic oxidation sites excluding steroid dienone is 1. The van der Waals surface area contributed by atoms with Crippen molar-refractivity contribution in [2.45, 2.75) is 15.9 Å². The highest BCUT2D eigenvalue weighted by molar-refractivity contribution is 9.11. The summed E-state index contributed by atoms with van der Waals surface area (Å²) in [7, 11) is 0. The fourth-order valence-corrected chi connectivity index (χ4v) is 6.50. The van der Waals surface area contributed by atoms with Gasteiger partial charge in [0.1, 0.15) is 4.32 Å². The molecule has 2 heterocycles. The van der Waals surface area contributed by atoms with Crippen molar-refractivity contribution in [2.75, 3.05) is 26.4 Å². The molecule has 0 aromatic carbocycles. The van der Waals surface area contributed by atoms with Crippen LogP contribution in [0.3, 0.4) is 0 Å². The van der Waals surface area contributed by atoms with E-state index in [0.717, 1.165) is 4.48 Å². The molecular formula is C14H14Br2O4. The summed E-state index contributed by atoms with van der Waals surface area (Å²) in [6, 6.07) is 0. The average Bonchev–Trinajstić information content (AvgIpc) is 3.20. The number of ether oxygens (including phenoxy) is 4. The standard InChI is InChI=1S/C14H14Br2O4/c15-10-7-9-11(13(10)17-3-4-18-13)8-1-2-12(9,16)14(8)19-5-6-20-14/h1-2,7-9,11H,3-6H2/t8-,9-,11-,12+/m1/s1. The van der Waals surface area contributed by atoms with E-state index in [0.29, 0.717) is 26.4 Å². The van der Waals surface area contributed by atoms with Gasteiger partial charge in [-0.2, -0.15) is 0 Å². The highest BCUT2D eigenvalue weighted by atomic mass is 79.9. The quantitative estimate of drug-likeness (QED) is 0.458. The van der Waals surface area contributed by atoms with E-state index >= 15 is 0 Å². The van der Waals surface area contributed by atoms with Crippen molar-refractivity contribution >= 4 is 31.9 Å². The molecule has 2 saturated heterocycles. The minimum absolute atomic E-state index is 0.138. The van der Waals surface area contributed by atoms with E-state index < -0.39 is 11.6 Å². The van der Waals surface area contributed by atoms with Gasteiger partial charge in [0.15, 0.2) is 5.79 Å². The maximum atomic E-state index is 6.08. The molecule has 108 valence electrons. The molecule has 0 N–H and O–H groups in total. The van der Waals surface area contributed by atoms with Crippen LogP contribution >= 0.6 is 31.9 Å². The van der Waals surface area contributed by atoms with Gasteiger partial charge in [0.25, 0.3) is 0 Å². The Bertz CT molecular complexity index is 533. The molecule has 3 aliphatic carbocycles. The summed E-state index contributed by atoms with van der Waals surface area (Å²) < 4.78 is 24.9. The largest absolute Gasteiger partial charge is 0.345 e. The van der Waals surface area contributed by atoms with Crippen LogP contribution in [0.1, 0.15) is 0 Å². The van der Waals surface area contributed by atoms with Crippen LogP contribution in [0, 0.1) is 17.8 Å². The maximum Gasteiger partial charge on any atom is 0.205 e. The third-order valence-electron chi connectivity index (χ3n) is 5.31. The van der Waals surface area contributed by atoms with Gasteiger partial charge >= 0.3 is 0 Å². The van der Waals surface area contributed by atoms with Crippen molar-refractivity contribution in [2.24, 2.45) is 17.8 Å². The Hall–Kier alpha value is 0.280. The summed E-state index contributed by atoms with van der Waals surface area (Å²) in [4.78, 5) is 0. The Morgan fingerprint density at radius 3 is 2.35 bits per heavy atom. The molecule has 0 unspecified atom stereocenters. The first-order chi connectivity index (χ1) is 9.64. The fraction of sp³-hybridized carbons (Fsp3) is 0.714. The minimum Gasteiger partial charge on any atom is -0.345 e. The summed E-state index contributed by atoms with van der Waals surface area (Å²) in [6.07, 6.45) is 6.60. The van der Waals surface area contributed by atoms with Gasteiger partial charge in [0.2, 0.25) is 5.79 Å². The third-order valence-corrected chi connectivity index (χ3v) is 7.47. The monoisotopic (exact) mass is 404 g/mol. The maximum absolute atomic E-state index is 6.08. The van der Waals surface area contributed by atoms with Crippen molar-refractivity contribution in [3.8, 4) is 0 Å². The van der Waals surface area contributed by atoms with Crippen molar-refractivity contribution < 1.29 is 18.9 Å². The smallest absolute Gasteiger partial charge is 0.205 e. The highest BCUT2D eigenvalue weighted by Crippen LogP contribution is 2.71. The van der Waals surface area contributed by atoms with E-state index in [4.69, 9.17) is 18.9 Å². The van der Waals surface area contributed by atoms with Gasteiger partial charge in [0, 0.05) is 17.8 Å². The van der Waals surface area contributed by atoms with Crippen LogP contribution in [0.2, 0.25) is 0 Å². The van der Waals surface area contributed by atoms with Crippen LogP contribution in [-0.4, -0.2) is 42.3 Å². The second-order valence-electron chi connectivity index (χ2n) is 5.95. The normalized spacial score (nSPS) is 49.5. The van der Waals surface area contributed by atoms with Crippen molar-refractivity contribution in [1.82, 2.24) is 0 Å². The summed E-state index contributed by atoms with van der Waals surface area (Å²) >= 11 is 7.58. The van der Waals surface area contributed by atoms with E-state index in [-0.39, 0.29) is 22.1 Å². The van der Waals surface area contributed by atoms with E-state index in [1.54, 1.807) is 0 Å². The summed E-state index contributed by atoms with van der Waals surface area (Å²) in [6.45, 7) is 2.55. The molecule has 5 rings (SSSR count). The van der Waals surface area contributed by atoms with Gasteiger partial charge in [-0.1, -0.05) is 50.1 Å². The second-order valence-corrected chi connectivity index (χ2v) is 8.11. The zero-order chi connectivity index (χ0) is 13.6. The second kappa shape index (κ2) is 3.78. The Kier molecular flexibility index (Phi) is 2.42. The molecule has 0 amide bonds. The Morgan fingerprint density at radius 2 is 1.65 bits per heavy atom. The Morgan fingerprint density at radius 1 is 1.00 bits per heavy atom. The predicted molar refractivity (Wildman–Crippen MR) is 77.5 cm³/mol. The van der Waals surface area contributed by atoms with Gasteiger partial charge in [-0.25, -0.2) is 0 Å². The van der Waals surface area contributed by atoms with Crippen LogP contribution in [0.15, 0.2) is 22.7 Å². The van der Waals surface area contributed by atoms with Crippen molar-refractivity contribution in [3.63, 3.8) is 0 Å². The molecule has 4 nitrogen and oxygen atoms in total. The lowest BCUT2D eigenvalue weighted by atomic mass is 9.82. The number of hydrogen-bond donors (Lipinski definition) is 0. The fourth-order valence-electron chi connectivity index (χ4n) is 4.66. The van der Waals surface area contributed by atoms with Crippen LogP contribution in [0.4, 0.5) is 0 Å². The van der Waals surface area contributed by atoms with E-state index in [2.05, 4.69) is 50.1 Å². The SMILES string of the molecule is BrC1=C[C@@H]2[C@@H]([C@H]3C=C[C@@]2(Br)C32OCCO2)C12OCCO2. The van der Waals surface area contributed by atoms with Gasteiger partial charge in [-0.3, -0.25) is 0 Å². The van der Waals surface area contributed by atoms with Crippen LogP contribution in [0.25, 0.3) is 0 Å². The van der Waals surface area contributed by atoms with Crippen LogP contribution in [0.5, 0.6) is 0 Å². The van der Waals surface area contributed by atoms with Crippen LogP contribution < -0.4 is 0 Å². The molecular weight excluding hydrogens is 392 g/mol. The summed E-state index contributed by atoms with van der Waals surface area (Å²) in [5.74, 6) is -0.698. The number of hydrogen-bond acceptors (Lipinski definition) is 4. The number of fused-ring (bicyclic) bond motifs is 4. The molecule has 0 aromatic rings. The van der Waals surface area contributed by atoms with Crippen LogP contribution in [-0.2, 0) is 18.9 Å². The summed E-state index contributed by atoms with van der Waals surface area (Å²) in [5, 5.41) is 0. The molecule has 1 saturated carbocycles. The molecule has 4 atom stereocenters. The molecule has 3 fully saturated rings. The topological polar surface area (TPSA) is 36.9 Å². The van der Waals surface area contributed by atoms with Gasteiger partial charge in [-0.15, -0.1) is 0 Å². The lowest BCUT2D eigenvalue weighted by molar-refractivity contribution is -0.205. The first-order valence-electron chi connectivity index (χ1n) is 6.96. The minimum atomic E-state index is -0.655. The number of alkyl halides is 1. The highest BCUT2D eigenvalue weighted by Gasteiger charge is 2.79. The molecule has 0 radical (unpaired) electrons. The molecule has 2 spiro atoms. The van der Waals surface area contributed by atoms with Crippen molar-refractivity contribution in [1.29, 1.82) is 0 Å². The molecule has 20 heavy (non-hydrogen) atoms. The lowest BCUT2D eigenvalue weighted by Crippen LogP contribution is -2.48. The first kappa shape index (κ1) is 12.8. The van der Waals surface area contributed by atoms with E-state index in [9.17, 15) is 0 Å². The third kappa shape index (κ3) is 1.14. The number of rotatable bonds is 0. The van der Waals surface area contributed by atoms with Gasteiger partial charge in [-0.05, 0) is 0 Å². The van der Waals surface area contributed by atoms with E-state index in [1.165, 1.54) is 0 Å². The summed E-state index contributed by atoms with van der Waals surface area (Å²) in [5.41, 5.74) is 0. The van der Waals surface area contributed by atoms with Crippen molar-refractivity contribution in [3.05, 3.63) is 22.7 Å². The molecule has 0 aromatic heterocycles.